The van der Waals surface area contributed by atoms with Gasteiger partial charge in [-0.15, -0.1) is 0 Å². The molecule has 0 aromatic heterocycles. The molecule has 0 amide bonds. The zero-order chi connectivity index (χ0) is 18.4. The van der Waals surface area contributed by atoms with Crippen molar-refractivity contribution in [2.45, 2.75) is 24.8 Å². The number of methoxy groups -OCH3 is 1. The van der Waals surface area contributed by atoms with Crippen molar-refractivity contribution >= 4 is 15.9 Å². The number of ether oxygens (including phenoxy) is 2. The molecule has 0 radical (unpaired) electrons. The first-order valence-electron chi connectivity index (χ1n) is 7.65. The Hall–Kier alpha value is -2.78. The molecule has 0 aliphatic heterocycles. The van der Waals surface area contributed by atoms with Crippen LogP contribution in [0.3, 0.4) is 0 Å². The molecule has 0 bridgehead atoms. The van der Waals surface area contributed by atoms with Gasteiger partial charge >= 0.3 is 0 Å². The summed E-state index contributed by atoms with van der Waals surface area (Å²) in [5.74, 6) is 1.02. The summed E-state index contributed by atoms with van der Waals surface area (Å²) in [7, 11) is -2.37. The molecule has 0 N–H and O–H groups in total. The van der Waals surface area contributed by atoms with Gasteiger partial charge in [0.1, 0.15) is 11.0 Å². The molecule has 0 unspecified atom stereocenters. The number of allylic oxidation sites excluding steroid dienone is 1. The Morgan fingerprint density at radius 3 is 2.36 bits per heavy atom. The second-order valence-corrected chi connectivity index (χ2v) is 7.43. The molecule has 0 fully saturated rings. The Morgan fingerprint density at radius 1 is 1.12 bits per heavy atom. The lowest BCUT2D eigenvalue weighted by Crippen LogP contribution is -2.06. The van der Waals surface area contributed by atoms with Crippen LogP contribution in [0.1, 0.15) is 19.4 Å². The first-order chi connectivity index (χ1) is 11.9. The highest BCUT2D eigenvalue weighted by Gasteiger charge is 2.20. The van der Waals surface area contributed by atoms with E-state index in [1.807, 2.05) is 13.8 Å². The first-order valence-corrected chi connectivity index (χ1v) is 9.13. The average Bonchev–Trinajstić information content (AvgIpc) is 2.60. The molecule has 0 aliphatic rings. The van der Waals surface area contributed by atoms with Crippen molar-refractivity contribution in [1.29, 1.82) is 5.26 Å². The first kappa shape index (κ1) is 18.6. The van der Waals surface area contributed by atoms with Crippen LogP contribution in [-0.4, -0.2) is 21.6 Å². The van der Waals surface area contributed by atoms with Crippen molar-refractivity contribution in [2.24, 2.45) is 0 Å². The van der Waals surface area contributed by atoms with Crippen LogP contribution in [0.15, 0.2) is 58.3 Å². The summed E-state index contributed by atoms with van der Waals surface area (Å²) in [6.07, 6.45) is 1.30. The van der Waals surface area contributed by atoms with E-state index in [9.17, 15) is 13.7 Å². The van der Waals surface area contributed by atoms with Crippen LogP contribution in [0.5, 0.6) is 11.5 Å². The standard InChI is InChI=1S/C19H19NO4S/c1-14(2)24-18-10-9-15(12-19(18)23-3)11-17(13-20)25(21,22)16-7-5-4-6-8-16/h4-12,14H,1-3H3. The van der Waals surface area contributed by atoms with Gasteiger partial charge in [0.25, 0.3) is 0 Å². The Morgan fingerprint density at radius 2 is 1.80 bits per heavy atom. The second kappa shape index (κ2) is 7.86. The number of sulfone groups is 1. The predicted molar refractivity (Wildman–Crippen MR) is 96.0 cm³/mol. The second-order valence-electron chi connectivity index (χ2n) is 5.51. The lowest BCUT2D eigenvalue weighted by Gasteiger charge is -2.14. The molecule has 5 nitrogen and oxygen atoms in total. The maximum Gasteiger partial charge on any atom is 0.216 e. The van der Waals surface area contributed by atoms with Gasteiger partial charge in [0.05, 0.1) is 18.1 Å². The summed E-state index contributed by atoms with van der Waals surface area (Å²) in [4.78, 5) is -0.257. The van der Waals surface area contributed by atoms with Crippen molar-refractivity contribution in [3.63, 3.8) is 0 Å². The smallest absolute Gasteiger partial charge is 0.216 e. The molecule has 6 heteroatoms. The fourth-order valence-electron chi connectivity index (χ4n) is 2.17. The molecule has 2 aromatic rings. The molecule has 0 saturated heterocycles. The van der Waals surface area contributed by atoms with E-state index in [1.54, 1.807) is 42.5 Å². The van der Waals surface area contributed by atoms with Gasteiger partial charge in [-0.2, -0.15) is 5.26 Å². The minimum atomic E-state index is -3.87. The predicted octanol–water partition coefficient (Wildman–Crippen LogP) is 3.82. The van der Waals surface area contributed by atoms with Crippen molar-refractivity contribution in [1.82, 2.24) is 0 Å². The van der Waals surface area contributed by atoms with Crippen molar-refractivity contribution in [3.8, 4) is 17.6 Å². The van der Waals surface area contributed by atoms with E-state index in [0.717, 1.165) is 0 Å². The van der Waals surface area contributed by atoms with Gasteiger partial charge in [-0.3, -0.25) is 0 Å². The van der Waals surface area contributed by atoms with Gasteiger partial charge in [-0.1, -0.05) is 24.3 Å². The SMILES string of the molecule is COc1cc(C=C(C#N)S(=O)(=O)c2ccccc2)ccc1OC(C)C. The molecule has 0 atom stereocenters. The van der Waals surface area contributed by atoms with E-state index >= 15 is 0 Å². The Kier molecular flexibility index (Phi) is 5.84. The Bertz CT molecular complexity index is 910. The molecular weight excluding hydrogens is 338 g/mol. The number of rotatable bonds is 6. The molecule has 130 valence electrons. The summed E-state index contributed by atoms with van der Waals surface area (Å²) in [5, 5.41) is 9.33. The van der Waals surface area contributed by atoms with E-state index in [0.29, 0.717) is 17.1 Å². The fraction of sp³-hybridized carbons (Fsp3) is 0.211. The summed E-state index contributed by atoms with van der Waals surface area (Å²) < 4.78 is 36.1. The third-order valence-electron chi connectivity index (χ3n) is 3.30. The van der Waals surface area contributed by atoms with Crippen LogP contribution in [-0.2, 0) is 9.84 Å². The van der Waals surface area contributed by atoms with Crippen molar-refractivity contribution < 1.29 is 17.9 Å². The normalized spacial score (nSPS) is 11.9. The zero-order valence-electron chi connectivity index (χ0n) is 14.3. The molecule has 0 aliphatic carbocycles. The quantitative estimate of drug-likeness (QED) is 0.735. The van der Waals surface area contributed by atoms with Crippen molar-refractivity contribution in [3.05, 3.63) is 59.0 Å². The van der Waals surface area contributed by atoms with Gasteiger partial charge < -0.3 is 9.47 Å². The number of nitriles is 1. The largest absolute Gasteiger partial charge is 0.493 e. The highest BCUT2D eigenvalue weighted by atomic mass is 32.2. The van der Waals surface area contributed by atoms with E-state index in [-0.39, 0.29) is 15.9 Å². The van der Waals surface area contributed by atoms with Gasteiger partial charge in [-0.05, 0) is 49.8 Å². The van der Waals surface area contributed by atoms with E-state index in [2.05, 4.69) is 0 Å². The van der Waals surface area contributed by atoms with E-state index < -0.39 is 9.84 Å². The van der Waals surface area contributed by atoms with Crippen LogP contribution in [0.2, 0.25) is 0 Å². The average molecular weight is 357 g/mol. The van der Waals surface area contributed by atoms with Crippen LogP contribution in [0, 0.1) is 11.3 Å². The number of benzene rings is 2. The third-order valence-corrected chi connectivity index (χ3v) is 4.98. The monoisotopic (exact) mass is 357 g/mol. The van der Waals surface area contributed by atoms with Crippen LogP contribution in [0.25, 0.3) is 6.08 Å². The maximum absolute atomic E-state index is 12.6. The molecular formula is C19H19NO4S. The summed E-state index contributed by atoms with van der Waals surface area (Å²) in [6, 6.07) is 14.6. The van der Waals surface area contributed by atoms with Gasteiger partial charge in [0, 0.05) is 0 Å². The van der Waals surface area contributed by atoms with Gasteiger partial charge in [0.15, 0.2) is 11.5 Å². The third kappa shape index (κ3) is 4.40. The van der Waals surface area contributed by atoms with Gasteiger partial charge in [0.2, 0.25) is 9.84 Å². The molecule has 25 heavy (non-hydrogen) atoms. The van der Waals surface area contributed by atoms with Crippen LogP contribution in [0.4, 0.5) is 0 Å². The minimum Gasteiger partial charge on any atom is -0.493 e. The van der Waals surface area contributed by atoms with E-state index in [4.69, 9.17) is 9.47 Å². The van der Waals surface area contributed by atoms with Gasteiger partial charge in [-0.25, -0.2) is 8.42 Å². The Labute approximate surface area is 148 Å². The van der Waals surface area contributed by atoms with E-state index in [1.165, 1.54) is 25.3 Å². The van der Waals surface area contributed by atoms with Crippen LogP contribution < -0.4 is 9.47 Å². The molecule has 0 saturated carbocycles. The lowest BCUT2D eigenvalue weighted by atomic mass is 10.2. The molecule has 0 spiro atoms. The fourth-order valence-corrected chi connectivity index (χ4v) is 3.35. The van der Waals surface area contributed by atoms with Crippen molar-refractivity contribution in [2.75, 3.05) is 7.11 Å². The number of nitrogens with zero attached hydrogens (tertiary/aromatic N) is 1. The molecule has 0 heterocycles. The zero-order valence-corrected chi connectivity index (χ0v) is 15.1. The lowest BCUT2D eigenvalue weighted by molar-refractivity contribution is 0.230. The van der Waals surface area contributed by atoms with Crippen LogP contribution >= 0.6 is 0 Å². The minimum absolute atomic E-state index is 0.0246. The Balaban J connectivity index is 2.45. The molecule has 2 aromatic carbocycles. The summed E-state index contributed by atoms with van der Waals surface area (Å²) in [5.41, 5.74) is 0.531. The number of hydrogen-bond donors (Lipinski definition) is 0. The highest BCUT2D eigenvalue weighted by Crippen LogP contribution is 2.30. The summed E-state index contributed by atoms with van der Waals surface area (Å²) in [6.45, 7) is 3.79. The molecule has 2 rings (SSSR count). The maximum atomic E-state index is 12.6. The number of hydrogen-bond acceptors (Lipinski definition) is 5. The summed E-state index contributed by atoms with van der Waals surface area (Å²) >= 11 is 0. The highest BCUT2D eigenvalue weighted by molar-refractivity contribution is 7.95. The topological polar surface area (TPSA) is 76.4 Å².